The van der Waals surface area contributed by atoms with E-state index < -0.39 is 12.1 Å². The fourth-order valence-corrected chi connectivity index (χ4v) is 2.63. The van der Waals surface area contributed by atoms with Crippen molar-refractivity contribution in [2.24, 2.45) is 0 Å². The maximum absolute atomic E-state index is 11.2. The van der Waals surface area contributed by atoms with Gasteiger partial charge in [-0.3, -0.25) is 4.98 Å². The van der Waals surface area contributed by atoms with Crippen molar-refractivity contribution in [3.63, 3.8) is 0 Å². The maximum Gasteiger partial charge on any atom is 0.338 e. The van der Waals surface area contributed by atoms with E-state index in [-0.39, 0.29) is 10.8 Å². The highest BCUT2D eigenvalue weighted by molar-refractivity contribution is 8.00. The molecule has 0 aliphatic heterocycles. The molecule has 2 unspecified atom stereocenters. The van der Waals surface area contributed by atoms with Gasteiger partial charge >= 0.3 is 5.97 Å². The summed E-state index contributed by atoms with van der Waals surface area (Å²) >= 11 is 1.36. The van der Waals surface area contributed by atoms with Crippen molar-refractivity contribution < 1.29 is 15.0 Å². The molecule has 0 aliphatic rings. The Morgan fingerprint density at radius 1 is 1.41 bits per heavy atom. The Morgan fingerprint density at radius 3 is 2.47 bits per heavy atom. The van der Waals surface area contributed by atoms with E-state index in [1.54, 1.807) is 19.9 Å². The minimum absolute atomic E-state index is 0.0608. The van der Waals surface area contributed by atoms with Gasteiger partial charge in [0.25, 0.3) is 0 Å². The van der Waals surface area contributed by atoms with Crippen LogP contribution in [-0.2, 0) is 0 Å². The first-order valence-corrected chi connectivity index (χ1v) is 6.27. The molecule has 1 heterocycles. The lowest BCUT2D eigenvalue weighted by Crippen LogP contribution is -2.16. The number of nitrogens with zero attached hydrogens (tertiary/aromatic N) is 1. The topological polar surface area (TPSA) is 70.4 Å². The molecule has 17 heavy (non-hydrogen) atoms. The molecular formula is C12H17NO3S. The van der Waals surface area contributed by atoms with Crippen molar-refractivity contribution in [1.82, 2.24) is 4.98 Å². The minimum Gasteiger partial charge on any atom is -0.478 e. The van der Waals surface area contributed by atoms with Gasteiger partial charge in [-0.2, -0.15) is 0 Å². The predicted molar refractivity (Wildman–Crippen MR) is 67.7 cm³/mol. The first-order valence-electron chi connectivity index (χ1n) is 5.39. The first-order chi connectivity index (χ1) is 7.82. The number of aryl methyl sites for hydroxylation is 2. The SMILES string of the molecule is Cc1cc(SC(C)C(C)O)c(C(=O)O)c(C)n1. The van der Waals surface area contributed by atoms with Crippen molar-refractivity contribution in [3.05, 3.63) is 23.0 Å². The van der Waals surface area contributed by atoms with Crippen LogP contribution >= 0.6 is 11.8 Å². The monoisotopic (exact) mass is 255 g/mol. The number of hydrogen-bond donors (Lipinski definition) is 2. The van der Waals surface area contributed by atoms with Crippen molar-refractivity contribution in [2.75, 3.05) is 0 Å². The van der Waals surface area contributed by atoms with Crippen LogP contribution < -0.4 is 0 Å². The van der Waals surface area contributed by atoms with Crippen LogP contribution in [0.1, 0.15) is 35.6 Å². The molecule has 0 radical (unpaired) electrons. The van der Waals surface area contributed by atoms with Gasteiger partial charge < -0.3 is 10.2 Å². The molecule has 2 N–H and O–H groups in total. The summed E-state index contributed by atoms with van der Waals surface area (Å²) < 4.78 is 0. The lowest BCUT2D eigenvalue weighted by atomic mass is 10.2. The number of carboxylic acids is 1. The van der Waals surface area contributed by atoms with Gasteiger partial charge in [0.2, 0.25) is 0 Å². The van der Waals surface area contributed by atoms with E-state index >= 15 is 0 Å². The van der Waals surface area contributed by atoms with E-state index in [4.69, 9.17) is 0 Å². The molecule has 0 aliphatic carbocycles. The number of thioether (sulfide) groups is 1. The number of hydrogen-bond acceptors (Lipinski definition) is 4. The number of aromatic carboxylic acids is 1. The molecule has 94 valence electrons. The molecule has 0 saturated carbocycles. The van der Waals surface area contributed by atoms with Crippen molar-refractivity contribution in [1.29, 1.82) is 0 Å². The molecule has 1 rings (SSSR count). The van der Waals surface area contributed by atoms with E-state index in [0.717, 1.165) is 5.69 Å². The summed E-state index contributed by atoms with van der Waals surface area (Å²) in [7, 11) is 0. The molecule has 4 nitrogen and oxygen atoms in total. The van der Waals surface area contributed by atoms with Crippen molar-refractivity contribution >= 4 is 17.7 Å². The summed E-state index contributed by atoms with van der Waals surface area (Å²) in [5, 5.41) is 18.6. The first kappa shape index (κ1) is 14.0. The Morgan fingerprint density at radius 2 is 2.00 bits per heavy atom. The highest BCUT2D eigenvalue weighted by Gasteiger charge is 2.19. The average Bonchev–Trinajstić information content (AvgIpc) is 2.14. The normalized spacial score (nSPS) is 14.4. The van der Waals surface area contributed by atoms with Crippen LogP contribution in [0.4, 0.5) is 0 Å². The van der Waals surface area contributed by atoms with E-state index in [2.05, 4.69) is 4.98 Å². The Kier molecular flexibility index (Phi) is 4.54. The van der Waals surface area contributed by atoms with Gasteiger partial charge in [0.05, 0.1) is 17.4 Å². The number of aliphatic hydroxyl groups is 1. The standard InChI is InChI=1S/C12H17NO3S/c1-6-5-10(17-9(4)8(3)14)11(12(15)16)7(2)13-6/h5,8-9,14H,1-4H3,(H,15,16). The average molecular weight is 255 g/mol. The number of aromatic nitrogens is 1. The molecule has 0 saturated heterocycles. The van der Waals surface area contributed by atoms with E-state index in [1.807, 2.05) is 13.8 Å². The van der Waals surface area contributed by atoms with Gasteiger partial charge in [-0.05, 0) is 26.8 Å². The van der Waals surface area contributed by atoms with E-state index in [9.17, 15) is 15.0 Å². The number of carboxylic acid groups (broad SMARTS) is 1. The summed E-state index contributed by atoms with van der Waals surface area (Å²) in [6.45, 7) is 7.08. The van der Waals surface area contributed by atoms with Crippen molar-refractivity contribution in [2.45, 2.75) is 43.9 Å². The van der Waals surface area contributed by atoms with Gasteiger partial charge in [-0.25, -0.2) is 4.79 Å². The van der Waals surface area contributed by atoms with Gasteiger partial charge in [0.1, 0.15) is 0 Å². The van der Waals surface area contributed by atoms with Gasteiger partial charge in [-0.15, -0.1) is 11.8 Å². The number of carbonyl (C=O) groups is 1. The molecule has 5 heteroatoms. The Labute approximate surface area is 105 Å². The lowest BCUT2D eigenvalue weighted by molar-refractivity contribution is 0.0691. The molecule has 0 amide bonds. The molecule has 0 aromatic carbocycles. The number of pyridine rings is 1. The summed E-state index contributed by atoms with van der Waals surface area (Å²) in [5.41, 5.74) is 1.53. The fraction of sp³-hybridized carbons (Fsp3) is 0.500. The largest absolute Gasteiger partial charge is 0.478 e. The summed E-state index contributed by atoms with van der Waals surface area (Å²) in [5.74, 6) is -0.977. The van der Waals surface area contributed by atoms with Gasteiger partial charge in [0.15, 0.2) is 0 Å². The summed E-state index contributed by atoms with van der Waals surface area (Å²) in [6.07, 6.45) is -0.490. The molecule has 1 aromatic heterocycles. The highest BCUT2D eigenvalue weighted by atomic mass is 32.2. The third kappa shape index (κ3) is 3.44. The molecule has 1 aromatic rings. The van der Waals surface area contributed by atoms with Crippen LogP contribution in [0.25, 0.3) is 0 Å². The second-order valence-corrected chi connectivity index (χ2v) is 5.51. The highest BCUT2D eigenvalue weighted by Crippen LogP contribution is 2.30. The van der Waals surface area contributed by atoms with Crippen LogP contribution in [0.2, 0.25) is 0 Å². The second kappa shape index (κ2) is 5.51. The molecule has 0 fully saturated rings. The van der Waals surface area contributed by atoms with Crippen LogP contribution in [0.5, 0.6) is 0 Å². The third-order valence-electron chi connectivity index (χ3n) is 2.50. The Balaban J connectivity index is 3.17. The predicted octanol–water partition coefficient (Wildman–Crippen LogP) is 2.26. The zero-order valence-electron chi connectivity index (χ0n) is 10.4. The summed E-state index contributed by atoms with van der Waals surface area (Å²) in [6, 6.07) is 1.75. The Bertz CT molecular complexity index is 432. The summed E-state index contributed by atoms with van der Waals surface area (Å²) in [4.78, 5) is 16.0. The zero-order valence-corrected chi connectivity index (χ0v) is 11.2. The number of aliphatic hydroxyl groups excluding tert-OH is 1. The minimum atomic E-state index is -0.977. The lowest BCUT2D eigenvalue weighted by Gasteiger charge is -2.16. The van der Waals surface area contributed by atoms with E-state index in [0.29, 0.717) is 10.6 Å². The number of rotatable bonds is 4. The zero-order chi connectivity index (χ0) is 13.2. The van der Waals surface area contributed by atoms with Crippen LogP contribution in [0.3, 0.4) is 0 Å². The fourth-order valence-electron chi connectivity index (χ4n) is 1.44. The quantitative estimate of drug-likeness (QED) is 0.807. The molecule has 2 atom stereocenters. The van der Waals surface area contributed by atoms with Gasteiger partial charge in [-0.1, -0.05) is 6.92 Å². The molecule has 0 spiro atoms. The van der Waals surface area contributed by atoms with E-state index in [1.165, 1.54) is 11.8 Å². The third-order valence-corrected chi connectivity index (χ3v) is 3.84. The Hall–Kier alpha value is -1.07. The molecular weight excluding hydrogens is 238 g/mol. The van der Waals surface area contributed by atoms with Gasteiger partial charge in [0, 0.05) is 15.8 Å². The van der Waals surface area contributed by atoms with Crippen molar-refractivity contribution in [3.8, 4) is 0 Å². The smallest absolute Gasteiger partial charge is 0.338 e. The second-order valence-electron chi connectivity index (χ2n) is 4.09. The van der Waals surface area contributed by atoms with Crippen LogP contribution in [0.15, 0.2) is 11.0 Å². The van der Waals surface area contributed by atoms with Crippen LogP contribution in [-0.4, -0.2) is 32.5 Å². The maximum atomic E-state index is 11.2. The molecule has 0 bridgehead atoms. The van der Waals surface area contributed by atoms with Crippen LogP contribution in [0, 0.1) is 13.8 Å².